The van der Waals surface area contributed by atoms with Gasteiger partial charge in [-0.2, -0.15) is 0 Å². The molecule has 0 bridgehead atoms. The van der Waals surface area contributed by atoms with Gasteiger partial charge in [0.1, 0.15) is 11.2 Å². The van der Waals surface area contributed by atoms with Crippen LogP contribution < -0.4 is 22.5 Å². The fourth-order valence-electron chi connectivity index (χ4n) is 6.03. The van der Waals surface area contributed by atoms with Crippen molar-refractivity contribution in [1.29, 1.82) is 0 Å². The minimum atomic E-state index is -2.14. The zero-order valence-electron chi connectivity index (χ0n) is 24.3. The number of rotatable bonds is 11. The molecule has 1 aliphatic rings. The molecule has 1 aromatic heterocycles. The Bertz CT molecular complexity index is 1410. The molecule has 1 saturated heterocycles. The molecule has 0 unspecified atom stereocenters. The van der Waals surface area contributed by atoms with Crippen LogP contribution in [-0.2, 0) is 33.8 Å². The molecule has 11 heteroatoms. The first kappa shape index (κ1) is 31.3. The van der Waals surface area contributed by atoms with Crippen LogP contribution in [0.15, 0.2) is 66.7 Å². The van der Waals surface area contributed by atoms with E-state index in [0.717, 1.165) is 27.2 Å². The number of nitrogens with two attached hydrogens (primary N) is 3. The van der Waals surface area contributed by atoms with Crippen LogP contribution in [-0.4, -0.2) is 63.2 Å². The van der Waals surface area contributed by atoms with E-state index in [9.17, 15) is 24.3 Å². The molecular weight excluding hydrogens is 548 g/mol. The van der Waals surface area contributed by atoms with E-state index in [1.807, 2.05) is 19.1 Å². The minimum Gasteiger partial charge on any atom is -0.480 e. The van der Waals surface area contributed by atoms with E-state index < -0.39 is 47.1 Å². The number of urea groups is 1. The molecule has 2 aromatic carbocycles. The number of likely N-dealkylation sites (tertiary alicyclic amines) is 1. The Balaban J connectivity index is 1.67. The number of carbonyl (C=O) groups is 4. The Morgan fingerprint density at radius 3 is 1.93 bits per heavy atom. The summed E-state index contributed by atoms with van der Waals surface area (Å²) in [5, 5.41) is 13.2. The van der Waals surface area contributed by atoms with Crippen molar-refractivity contribution in [2.24, 2.45) is 16.9 Å². The number of nitrogen functional groups attached to an aromatic ring is 1. The van der Waals surface area contributed by atoms with E-state index >= 15 is 0 Å². The Hall–Kier alpha value is -4.61. The first-order valence-electron chi connectivity index (χ1n) is 14.1. The highest BCUT2D eigenvalue weighted by Gasteiger charge is 2.63. The molecule has 2 heterocycles. The number of Topliss-reactive ketones (excluding diaryl/α,β-unsaturated/α-hetero) is 2. The number of hydrogen-bond acceptors (Lipinski definition) is 8. The lowest BCUT2D eigenvalue weighted by atomic mass is 9.67. The number of nitrogens with one attached hydrogen (secondary N) is 1. The highest BCUT2D eigenvalue weighted by Crippen LogP contribution is 2.41. The summed E-state index contributed by atoms with van der Waals surface area (Å²) >= 11 is 0. The predicted octanol–water partition coefficient (Wildman–Crippen LogP) is 1.91. The molecule has 11 nitrogen and oxygen atoms in total. The van der Waals surface area contributed by atoms with Gasteiger partial charge in [0, 0.05) is 18.8 Å². The second-order valence-electron chi connectivity index (χ2n) is 11.1. The summed E-state index contributed by atoms with van der Waals surface area (Å²) in [4.78, 5) is 60.1. The Morgan fingerprint density at radius 2 is 1.47 bits per heavy atom. The van der Waals surface area contributed by atoms with Crippen LogP contribution in [0.25, 0.3) is 0 Å². The summed E-state index contributed by atoms with van der Waals surface area (Å²) < 4.78 is 0. The normalized spacial score (nSPS) is 17.2. The van der Waals surface area contributed by atoms with E-state index in [-0.39, 0.29) is 32.4 Å². The van der Waals surface area contributed by atoms with Gasteiger partial charge in [-0.25, -0.2) is 14.6 Å². The van der Waals surface area contributed by atoms with Crippen molar-refractivity contribution in [3.8, 4) is 0 Å². The first-order chi connectivity index (χ1) is 20.5. The smallest absolute Gasteiger partial charge is 0.328 e. The molecule has 3 aromatic rings. The maximum absolute atomic E-state index is 14.2. The molecule has 0 spiro atoms. The van der Waals surface area contributed by atoms with Crippen molar-refractivity contribution in [3.63, 3.8) is 0 Å². The average Bonchev–Trinajstić information content (AvgIpc) is 3.38. The molecule has 0 saturated carbocycles. The molecule has 8 N–H and O–H groups in total. The van der Waals surface area contributed by atoms with Gasteiger partial charge in [-0.1, -0.05) is 60.7 Å². The number of anilines is 1. The number of amides is 2. The van der Waals surface area contributed by atoms with Gasteiger partial charge in [0.25, 0.3) is 0 Å². The Morgan fingerprint density at radius 1 is 0.953 bits per heavy atom. The van der Waals surface area contributed by atoms with Gasteiger partial charge in [0.2, 0.25) is 0 Å². The van der Waals surface area contributed by atoms with Gasteiger partial charge in [-0.15, -0.1) is 0 Å². The third kappa shape index (κ3) is 6.58. The number of benzene rings is 2. The summed E-state index contributed by atoms with van der Waals surface area (Å²) in [6.07, 6.45) is -0.0464. The predicted molar refractivity (Wildman–Crippen MR) is 162 cm³/mol. The fourth-order valence-corrected chi connectivity index (χ4v) is 6.03. The largest absolute Gasteiger partial charge is 0.480 e. The second-order valence-corrected chi connectivity index (χ2v) is 11.1. The van der Waals surface area contributed by atoms with Crippen LogP contribution in [0.3, 0.4) is 0 Å². The third-order valence-electron chi connectivity index (χ3n) is 8.16. The lowest BCUT2D eigenvalue weighted by Gasteiger charge is -2.36. The number of aliphatic carboxylic acids is 1. The topological polar surface area (TPSA) is 195 Å². The van der Waals surface area contributed by atoms with Crippen LogP contribution in [0.1, 0.15) is 34.4 Å². The van der Waals surface area contributed by atoms with Crippen molar-refractivity contribution < 1.29 is 24.3 Å². The van der Waals surface area contributed by atoms with Gasteiger partial charge in [-0.3, -0.25) is 9.59 Å². The summed E-state index contributed by atoms with van der Waals surface area (Å²) in [5.41, 5.74) is 20.1. The van der Waals surface area contributed by atoms with E-state index in [1.165, 1.54) is 0 Å². The lowest BCUT2D eigenvalue weighted by molar-refractivity contribution is -0.155. The fraction of sp³-hybridized carbons (Fsp3) is 0.344. The summed E-state index contributed by atoms with van der Waals surface area (Å²) in [5.74, 6) is -2.64. The SMILES string of the molecule is Cc1cc(N)nc(C)c1CNC(=O)N1CCC(C(=O)[C@H](N)Cc2ccccc2)(C(=O)[C@H](N)Cc2ccccc2)[C@@H]1C(=O)O. The molecule has 4 rings (SSSR count). The van der Waals surface area contributed by atoms with Crippen molar-refractivity contribution in [2.75, 3.05) is 12.3 Å². The molecule has 3 atom stereocenters. The van der Waals surface area contributed by atoms with Gasteiger partial charge < -0.3 is 32.5 Å². The van der Waals surface area contributed by atoms with Crippen LogP contribution in [0.4, 0.5) is 10.6 Å². The molecule has 43 heavy (non-hydrogen) atoms. The second kappa shape index (κ2) is 13.1. The van der Waals surface area contributed by atoms with Crippen molar-refractivity contribution >= 4 is 29.4 Å². The van der Waals surface area contributed by atoms with Gasteiger partial charge in [0.15, 0.2) is 17.6 Å². The molecular formula is C32H38N6O5. The number of aromatic nitrogens is 1. The van der Waals surface area contributed by atoms with Gasteiger partial charge in [-0.05, 0) is 61.4 Å². The average molecular weight is 587 g/mol. The number of aryl methyl sites for hydroxylation is 2. The zero-order chi connectivity index (χ0) is 31.3. The van der Waals surface area contributed by atoms with Crippen LogP contribution in [0, 0.1) is 19.3 Å². The molecule has 1 fully saturated rings. The Labute approximate surface area is 250 Å². The number of ketones is 2. The standard InChI is InChI=1S/C32H38N6O5/c1-19-15-26(35)37-20(2)23(19)18-36-31(43)38-14-13-32(27(38)30(41)42,28(39)24(33)16-21-9-5-3-6-10-21)29(40)25(34)17-22-11-7-4-8-12-22/h3-12,15,24-25,27H,13-14,16-18,33-34H2,1-2H3,(H2,35,37)(H,36,43)(H,41,42)/t24-,25-,27+/m1/s1. The maximum Gasteiger partial charge on any atom is 0.328 e. The van der Waals surface area contributed by atoms with Crippen molar-refractivity contribution in [1.82, 2.24) is 15.2 Å². The molecule has 226 valence electrons. The van der Waals surface area contributed by atoms with E-state index in [1.54, 1.807) is 61.5 Å². The summed E-state index contributed by atoms with van der Waals surface area (Å²) in [7, 11) is 0. The molecule has 0 aliphatic carbocycles. The van der Waals surface area contributed by atoms with Crippen LogP contribution in [0.5, 0.6) is 0 Å². The van der Waals surface area contributed by atoms with Crippen molar-refractivity contribution in [2.45, 2.75) is 57.8 Å². The number of carboxylic acids is 1. The molecule has 0 radical (unpaired) electrons. The zero-order valence-corrected chi connectivity index (χ0v) is 24.3. The van der Waals surface area contributed by atoms with Crippen molar-refractivity contribution in [3.05, 3.63) is 94.7 Å². The number of carbonyl (C=O) groups excluding carboxylic acids is 3. The van der Waals surface area contributed by atoms with Gasteiger partial charge in [0.05, 0.1) is 12.1 Å². The minimum absolute atomic E-state index is 0.0442. The highest BCUT2D eigenvalue weighted by atomic mass is 16.4. The van der Waals surface area contributed by atoms with E-state index in [0.29, 0.717) is 11.5 Å². The highest BCUT2D eigenvalue weighted by molar-refractivity contribution is 6.15. The number of nitrogens with zero attached hydrogens (tertiary/aromatic N) is 2. The van der Waals surface area contributed by atoms with Crippen LogP contribution >= 0.6 is 0 Å². The maximum atomic E-state index is 14.2. The number of carboxylic acid groups (broad SMARTS) is 1. The molecule has 1 aliphatic heterocycles. The monoisotopic (exact) mass is 586 g/mol. The number of pyridine rings is 1. The first-order valence-corrected chi connectivity index (χ1v) is 14.1. The molecule has 2 amide bonds. The quantitative estimate of drug-likeness (QED) is 0.209. The van der Waals surface area contributed by atoms with Gasteiger partial charge >= 0.3 is 12.0 Å². The Kier molecular flexibility index (Phi) is 9.57. The lowest BCUT2D eigenvalue weighted by Crippen LogP contribution is -2.62. The summed E-state index contributed by atoms with van der Waals surface area (Å²) in [6, 6.07) is 14.7. The third-order valence-corrected chi connectivity index (χ3v) is 8.16. The van der Waals surface area contributed by atoms with E-state index in [2.05, 4.69) is 10.3 Å². The summed E-state index contributed by atoms with van der Waals surface area (Å²) in [6.45, 7) is 3.47. The number of hydrogen-bond donors (Lipinski definition) is 5. The van der Waals surface area contributed by atoms with Crippen LogP contribution in [0.2, 0.25) is 0 Å². The van der Waals surface area contributed by atoms with E-state index in [4.69, 9.17) is 17.2 Å².